The first-order valence-corrected chi connectivity index (χ1v) is 8.92. The summed E-state index contributed by atoms with van der Waals surface area (Å²) < 4.78 is 2.14. The molecule has 2 aromatic rings. The summed E-state index contributed by atoms with van der Waals surface area (Å²) in [6.45, 7) is 7.65. The van der Waals surface area contributed by atoms with Gasteiger partial charge in [-0.2, -0.15) is 5.10 Å². The van der Waals surface area contributed by atoms with Crippen molar-refractivity contribution in [1.82, 2.24) is 19.7 Å². The Bertz CT molecular complexity index is 661. The van der Waals surface area contributed by atoms with Gasteiger partial charge in [-0.15, -0.1) is 0 Å². The first-order chi connectivity index (χ1) is 11.5. The van der Waals surface area contributed by atoms with Gasteiger partial charge in [-0.25, -0.2) is 4.98 Å². The van der Waals surface area contributed by atoms with Crippen molar-refractivity contribution in [3.05, 3.63) is 41.9 Å². The van der Waals surface area contributed by atoms with E-state index in [1.54, 1.807) is 0 Å². The summed E-state index contributed by atoms with van der Waals surface area (Å²) in [6.07, 6.45) is 6.37. The molecule has 0 N–H and O–H groups in total. The highest BCUT2D eigenvalue weighted by atomic mass is 15.3. The molecule has 3 heterocycles. The Kier molecular flexibility index (Phi) is 5.19. The van der Waals surface area contributed by atoms with Crippen LogP contribution in [0.1, 0.15) is 49.9 Å². The number of rotatable bonds is 5. The zero-order chi connectivity index (χ0) is 17.1. The molecule has 0 aromatic carbocycles. The number of hydrogen-bond donors (Lipinski definition) is 0. The van der Waals surface area contributed by atoms with Crippen LogP contribution in [-0.2, 0) is 6.54 Å². The molecule has 0 aliphatic carbocycles. The lowest BCUT2D eigenvalue weighted by atomic mass is 9.91. The predicted molar refractivity (Wildman–Crippen MR) is 98.4 cm³/mol. The Labute approximate surface area is 145 Å². The molecule has 5 heteroatoms. The first-order valence-electron chi connectivity index (χ1n) is 8.92. The van der Waals surface area contributed by atoms with Crippen LogP contribution in [0.5, 0.6) is 0 Å². The molecule has 0 radical (unpaired) electrons. The number of nitrogens with zero attached hydrogens (tertiary/aromatic N) is 5. The lowest BCUT2D eigenvalue weighted by molar-refractivity contribution is 0.194. The van der Waals surface area contributed by atoms with Crippen molar-refractivity contribution in [2.75, 3.05) is 32.1 Å². The highest BCUT2D eigenvalue weighted by molar-refractivity contribution is 5.40. The second-order valence-corrected chi connectivity index (χ2v) is 7.28. The highest BCUT2D eigenvalue weighted by Crippen LogP contribution is 2.29. The topological polar surface area (TPSA) is 37.2 Å². The van der Waals surface area contributed by atoms with Crippen LogP contribution < -0.4 is 4.90 Å². The lowest BCUT2D eigenvalue weighted by Gasteiger charge is -2.33. The molecule has 130 valence electrons. The van der Waals surface area contributed by atoms with Gasteiger partial charge in [-0.05, 0) is 62.9 Å². The van der Waals surface area contributed by atoms with Crippen LogP contribution in [0.3, 0.4) is 0 Å². The molecule has 2 aromatic heterocycles. The number of hydrogen-bond acceptors (Lipinski definition) is 4. The van der Waals surface area contributed by atoms with Crippen LogP contribution in [0, 0.1) is 0 Å². The molecule has 1 aliphatic heterocycles. The molecule has 3 rings (SSSR count). The minimum Gasteiger partial charge on any atom is -0.363 e. The van der Waals surface area contributed by atoms with Crippen LogP contribution in [0.15, 0.2) is 30.6 Å². The van der Waals surface area contributed by atoms with E-state index in [1.165, 1.54) is 30.6 Å². The van der Waals surface area contributed by atoms with Crippen LogP contribution in [0.2, 0.25) is 0 Å². The normalized spacial score (nSPS) is 19.0. The van der Waals surface area contributed by atoms with E-state index in [0.29, 0.717) is 12.0 Å². The Balaban J connectivity index is 1.70. The summed E-state index contributed by atoms with van der Waals surface area (Å²) >= 11 is 0. The van der Waals surface area contributed by atoms with E-state index >= 15 is 0 Å². The molecule has 0 spiro atoms. The van der Waals surface area contributed by atoms with Crippen molar-refractivity contribution in [2.24, 2.45) is 0 Å². The van der Waals surface area contributed by atoms with Crippen molar-refractivity contribution in [1.29, 1.82) is 0 Å². The quantitative estimate of drug-likeness (QED) is 0.844. The number of likely N-dealkylation sites (tertiary alicyclic amines) is 1. The third-order valence-corrected chi connectivity index (χ3v) is 4.83. The van der Waals surface area contributed by atoms with Gasteiger partial charge in [-0.1, -0.05) is 0 Å². The van der Waals surface area contributed by atoms with Crippen LogP contribution in [-0.4, -0.2) is 46.8 Å². The van der Waals surface area contributed by atoms with Crippen molar-refractivity contribution in [3.63, 3.8) is 0 Å². The zero-order valence-electron chi connectivity index (χ0n) is 15.3. The summed E-state index contributed by atoms with van der Waals surface area (Å²) in [5.74, 6) is 1.64. The summed E-state index contributed by atoms with van der Waals surface area (Å²) in [5, 5.41) is 4.47. The molecule has 1 aliphatic rings. The summed E-state index contributed by atoms with van der Waals surface area (Å²) in [5.41, 5.74) is 2.73. The fraction of sp³-hybridized carbons (Fsp3) is 0.579. The van der Waals surface area contributed by atoms with Crippen molar-refractivity contribution in [2.45, 2.75) is 45.2 Å². The van der Waals surface area contributed by atoms with Gasteiger partial charge in [0.15, 0.2) is 0 Å². The monoisotopic (exact) mass is 327 g/mol. The SMILES string of the molecule is CC(C)n1nccc1CN1CCC[C@H](c2ccnc(N(C)C)c2)C1. The molecule has 0 saturated carbocycles. The maximum absolute atomic E-state index is 4.47. The number of aromatic nitrogens is 3. The van der Waals surface area contributed by atoms with Crippen LogP contribution in [0.4, 0.5) is 5.82 Å². The summed E-state index contributed by atoms with van der Waals surface area (Å²) in [6, 6.07) is 6.99. The maximum Gasteiger partial charge on any atom is 0.128 e. The Morgan fingerprint density at radius 3 is 2.83 bits per heavy atom. The summed E-state index contributed by atoms with van der Waals surface area (Å²) in [7, 11) is 4.10. The van der Waals surface area contributed by atoms with Gasteiger partial charge in [0.05, 0.1) is 5.69 Å². The van der Waals surface area contributed by atoms with Crippen molar-refractivity contribution < 1.29 is 0 Å². The van der Waals surface area contributed by atoms with Gasteiger partial charge in [0.2, 0.25) is 0 Å². The predicted octanol–water partition coefficient (Wildman–Crippen LogP) is 3.30. The van der Waals surface area contributed by atoms with E-state index < -0.39 is 0 Å². The molecule has 0 unspecified atom stereocenters. The second-order valence-electron chi connectivity index (χ2n) is 7.28. The van der Waals surface area contributed by atoms with E-state index in [1.807, 2.05) is 26.5 Å². The fourth-order valence-corrected chi connectivity index (χ4v) is 3.56. The summed E-state index contributed by atoms with van der Waals surface area (Å²) in [4.78, 5) is 9.09. The Hall–Kier alpha value is -1.88. The van der Waals surface area contributed by atoms with Gasteiger partial charge in [0.25, 0.3) is 0 Å². The average molecular weight is 327 g/mol. The van der Waals surface area contributed by atoms with Crippen molar-refractivity contribution >= 4 is 5.82 Å². The minimum absolute atomic E-state index is 0.415. The molecule has 1 atom stereocenters. The van der Waals surface area contributed by atoms with Gasteiger partial charge < -0.3 is 4.90 Å². The minimum atomic E-state index is 0.415. The second kappa shape index (κ2) is 7.34. The Morgan fingerprint density at radius 1 is 1.25 bits per heavy atom. The first kappa shape index (κ1) is 17.0. The van der Waals surface area contributed by atoms with Crippen LogP contribution in [0.25, 0.3) is 0 Å². The third-order valence-electron chi connectivity index (χ3n) is 4.83. The molecule has 1 fully saturated rings. The van der Waals surface area contributed by atoms with Crippen LogP contribution >= 0.6 is 0 Å². The standard InChI is InChI=1S/C19H29N5/c1-15(2)24-18(8-10-21-24)14-23-11-5-6-17(13-23)16-7-9-20-19(12-16)22(3)4/h7-10,12,15,17H,5-6,11,13-14H2,1-4H3/t17-/m0/s1. The molecule has 5 nitrogen and oxygen atoms in total. The molecule has 24 heavy (non-hydrogen) atoms. The molecule has 0 amide bonds. The molecule has 1 saturated heterocycles. The molecule has 0 bridgehead atoms. The van der Waals surface area contributed by atoms with E-state index in [9.17, 15) is 0 Å². The van der Waals surface area contributed by atoms with Gasteiger partial charge in [0.1, 0.15) is 5.82 Å². The third kappa shape index (κ3) is 3.78. The lowest BCUT2D eigenvalue weighted by Crippen LogP contribution is -2.34. The maximum atomic E-state index is 4.47. The van der Waals surface area contributed by atoms with Gasteiger partial charge in [-0.3, -0.25) is 9.58 Å². The van der Waals surface area contributed by atoms with E-state index in [4.69, 9.17) is 0 Å². The van der Waals surface area contributed by atoms with E-state index in [2.05, 4.69) is 56.6 Å². The van der Waals surface area contributed by atoms with Gasteiger partial charge >= 0.3 is 0 Å². The number of piperidine rings is 1. The number of pyridine rings is 1. The largest absolute Gasteiger partial charge is 0.363 e. The molecular weight excluding hydrogens is 298 g/mol. The van der Waals surface area contributed by atoms with Crippen molar-refractivity contribution in [3.8, 4) is 0 Å². The average Bonchev–Trinajstić information content (AvgIpc) is 3.03. The zero-order valence-corrected chi connectivity index (χ0v) is 15.3. The molecular formula is C19H29N5. The Morgan fingerprint density at radius 2 is 2.08 bits per heavy atom. The number of anilines is 1. The smallest absolute Gasteiger partial charge is 0.128 e. The van der Waals surface area contributed by atoms with E-state index in [0.717, 1.165) is 18.9 Å². The van der Waals surface area contributed by atoms with E-state index in [-0.39, 0.29) is 0 Å². The fourth-order valence-electron chi connectivity index (χ4n) is 3.56. The van der Waals surface area contributed by atoms with Gasteiger partial charge in [0, 0.05) is 45.6 Å². The highest BCUT2D eigenvalue weighted by Gasteiger charge is 2.23.